The van der Waals surface area contributed by atoms with Gasteiger partial charge in [-0.25, -0.2) is 5.43 Å². The number of carbonyl (C=O) groups excluding carboxylic acids is 2. The summed E-state index contributed by atoms with van der Waals surface area (Å²) >= 11 is 0. The highest BCUT2D eigenvalue weighted by Gasteiger charge is 2.12. The molecule has 120 valence electrons. The van der Waals surface area contributed by atoms with Crippen molar-refractivity contribution < 1.29 is 23.8 Å². The van der Waals surface area contributed by atoms with Crippen LogP contribution in [0.5, 0.6) is 11.5 Å². The fraction of sp³-hybridized carbons (Fsp3) is 0.357. The van der Waals surface area contributed by atoms with E-state index in [0.717, 1.165) is 0 Å². The van der Waals surface area contributed by atoms with Crippen LogP contribution >= 0.6 is 0 Å². The topological polar surface area (TPSA) is 98.2 Å². The van der Waals surface area contributed by atoms with Gasteiger partial charge in [-0.3, -0.25) is 9.59 Å². The number of hydrogen-bond acceptors (Lipinski definition) is 6. The highest BCUT2D eigenvalue weighted by atomic mass is 16.5. The molecule has 0 spiro atoms. The zero-order valence-corrected chi connectivity index (χ0v) is 12.7. The maximum atomic E-state index is 11.5. The van der Waals surface area contributed by atoms with Gasteiger partial charge in [0.15, 0.2) is 11.5 Å². The highest BCUT2D eigenvalue weighted by molar-refractivity contribution is 6.35. The second-order valence-corrected chi connectivity index (χ2v) is 4.03. The Labute approximate surface area is 128 Å². The Kier molecular flexibility index (Phi) is 7.41. The maximum absolute atomic E-state index is 11.5. The largest absolute Gasteiger partial charge is 0.493 e. The third-order valence-electron chi connectivity index (χ3n) is 2.60. The van der Waals surface area contributed by atoms with Gasteiger partial charge in [0.25, 0.3) is 0 Å². The molecule has 0 aliphatic rings. The Morgan fingerprint density at radius 3 is 2.59 bits per heavy atom. The summed E-state index contributed by atoms with van der Waals surface area (Å²) in [5, 5.41) is 6.10. The summed E-state index contributed by atoms with van der Waals surface area (Å²) in [6, 6.07) is 5.22. The zero-order valence-electron chi connectivity index (χ0n) is 12.7. The van der Waals surface area contributed by atoms with Gasteiger partial charge in [0.1, 0.15) is 0 Å². The molecular weight excluding hydrogens is 290 g/mol. The predicted molar refractivity (Wildman–Crippen MR) is 80.2 cm³/mol. The molecule has 22 heavy (non-hydrogen) atoms. The number of methoxy groups -OCH3 is 3. The molecule has 0 atom stereocenters. The lowest BCUT2D eigenvalue weighted by atomic mass is 10.2. The summed E-state index contributed by atoms with van der Waals surface area (Å²) in [6.45, 7) is 0.569. The van der Waals surface area contributed by atoms with E-state index in [-0.39, 0.29) is 6.54 Å². The van der Waals surface area contributed by atoms with Crippen molar-refractivity contribution in [1.82, 2.24) is 10.7 Å². The average Bonchev–Trinajstić information content (AvgIpc) is 2.54. The van der Waals surface area contributed by atoms with E-state index in [4.69, 9.17) is 14.2 Å². The van der Waals surface area contributed by atoms with Crippen LogP contribution in [0.1, 0.15) is 5.56 Å². The van der Waals surface area contributed by atoms with Crippen molar-refractivity contribution in [3.8, 4) is 11.5 Å². The Balaban J connectivity index is 2.62. The summed E-state index contributed by atoms with van der Waals surface area (Å²) in [4.78, 5) is 22.9. The number of amides is 2. The molecule has 1 rings (SSSR count). The van der Waals surface area contributed by atoms with Gasteiger partial charge in [0.05, 0.1) is 27.0 Å². The van der Waals surface area contributed by atoms with Crippen molar-refractivity contribution in [2.24, 2.45) is 5.10 Å². The molecule has 0 aromatic heterocycles. The van der Waals surface area contributed by atoms with Gasteiger partial charge in [-0.15, -0.1) is 0 Å². The van der Waals surface area contributed by atoms with Crippen LogP contribution in [0.15, 0.2) is 23.3 Å². The van der Waals surface area contributed by atoms with Crippen LogP contribution in [-0.4, -0.2) is 52.5 Å². The molecule has 0 bridgehead atoms. The molecule has 0 saturated carbocycles. The first kappa shape index (κ1) is 17.4. The van der Waals surface area contributed by atoms with Crippen molar-refractivity contribution in [2.45, 2.75) is 0 Å². The van der Waals surface area contributed by atoms with E-state index in [9.17, 15) is 9.59 Å². The summed E-state index contributed by atoms with van der Waals surface area (Å²) in [7, 11) is 4.51. The van der Waals surface area contributed by atoms with Gasteiger partial charge >= 0.3 is 11.8 Å². The quantitative estimate of drug-likeness (QED) is 0.318. The van der Waals surface area contributed by atoms with E-state index < -0.39 is 11.8 Å². The fourth-order valence-electron chi connectivity index (χ4n) is 1.57. The third kappa shape index (κ3) is 5.06. The van der Waals surface area contributed by atoms with Gasteiger partial charge in [-0.1, -0.05) is 6.07 Å². The molecule has 0 heterocycles. The van der Waals surface area contributed by atoms with Crippen LogP contribution in [0.25, 0.3) is 0 Å². The standard InChI is InChI=1S/C14H19N3O5/c1-20-8-7-15-13(18)14(19)17-16-9-10-5-4-6-11(21-2)12(10)22-3/h4-6,9H,7-8H2,1-3H3,(H,15,18)(H,17,19)/b16-9-. The number of rotatable bonds is 7. The highest BCUT2D eigenvalue weighted by Crippen LogP contribution is 2.29. The first-order valence-electron chi connectivity index (χ1n) is 6.45. The number of nitrogens with one attached hydrogen (secondary N) is 2. The number of hydrogen-bond donors (Lipinski definition) is 2. The van der Waals surface area contributed by atoms with Crippen LogP contribution < -0.4 is 20.2 Å². The molecule has 8 heteroatoms. The lowest BCUT2D eigenvalue weighted by Gasteiger charge is -2.09. The Hall–Kier alpha value is -2.61. The number of para-hydroxylation sites is 1. The van der Waals surface area contributed by atoms with E-state index in [1.165, 1.54) is 27.5 Å². The molecule has 8 nitrogen and oxygen atoms in total. The first-order valence-corrected chi connectivity index (χ1v) is 6.45. The average molecular weight is 309 g/mol. The number of carbonyl (C=O) groups is 2. The Morgan fingerprint density at radius 2 is 1.95 bits per heavy atom. The van der Waals surface area contributed by atoms with Crippen molar-refractivity contribution in [3.05, 3.63) is 23.8 Å². The molecule has 2 amide bonds. The third-order valence-corrected chi connectivity index (χ3v) is 2.60. The summed E-state index contributed by atoms with van der Waals surface area (Å²) in [5.41, 5.74) is 2.73. The van der Waals surface area contributed by atoms with Crippen LogP contribution in [-0.2, 0) is 14.3 Å². The smallest absolute Gasteiger partial charge is 0.329 e. The van der Waals surface area contributed by atoms with Crippen molar-refractivity contribution in [3.63, 3.8) is 0 Å². The molecule has 0 aliphatic heterocycles. The van der Waals surface area contributed by atoms with Crippen molar-refractivity contribution >= 4 is 18.0 Å². The van der Waals surface area contributed by atoms with Gasteiger partial charge in [0.2, 0.25) is 0 Å². The number of hydrazone groups is 1. The number of nitrogens with zero attached hydrogens (tertiary/aromatic N) is 1. The van der Waals surface area contributed by atoms with Gasteiger partial charge in [-0.2, -0.15) is 5.10 Å². The van der Waals surface area contributed by atoms with Crippen LogP contribution in [0.3, 0.4) is 0 Å². The van der Waals surface area contributed by atoms with Gasteiger partial charge in [-0.05, 0) is 12.1 Å². The molecular formula is C14H19N3O5. The molecule has 1 aromatic rings. The fourth-order valence-corrected chi connectivity index (χ4v) is 1.57. The molecule has 0 aliphatic carbocycles. The summed E-state index contributed by atoms with van der Waals surface area (Å²) in [6.07, 6.45) is 1.36. The number of ether oxygens (including phenoxy) is 3. The molecule has 0 fully saturated rings. The van der Waals surface area contributed by atoms with Crippen molar-refractivity contribution in [1.29, 1.82) is 0 Å². The lowest BCUT2D eigenvalue weighted by Crippen LogP contribution is -2.39. The van der Waals surface area contributed by atoms with Crippen molar-refractivity contribution in [2.75, 3.05) is 34.5 Å². The van der Waals surface area contributed by atoms with Crippen LogP contribution in [0.2, 0.25) is 0 Å². The minimum absolute atomic E-state index is 0.246. The second kappa shape index (κ2) is 9.35. The van der Waals surface area contributed by atoms with E-state index in [2.05, 4.69) is 15.8 Å². The minimum atomic E-state index is -0.866. The van der Waals surface area contributed by atoms with E-state index >= 15 is 0 Å². The monoisotopic (exact) mass is 309 g/mol. The van der Waals surface area contributed by atoms with E-state index in [1.54, 1.807) is 18.2 Å². The van der Waals surface area contributed by atoms with E-state index in [1.807, 2.05) is 0 Å². The van der Waals surface area contributed by atoms with Gasteiger partial charge in [0, 0.05) is 19.2 Å². The lowest BCUT2D eigenvalue weighted by molar-refractivity contribution is -0.139. The van der Waals surface area contributed by atoms with Gasteiger partial charge < -0.3 is 19.5 Å². The van der Waals surface area contributed by atoms with E-state index in [0.29, 0.717) is 23.7 Å². The molecule has 0 saturated heterocycles. The Bertz CT molecular complexity index is 545. The second-order valence-electron chi connectivity index (χ2n) is 4.03. The molecule has 0 unspecified atom stereocenters. The predicted octanol–water partition coefficient (Wildman–Crippen LogP) is -0.0835. The van der Waals surface area contributed by atoms with Crippen LogP contribution in [0.4, 0.5) is 0 Å². The SMILES string of the molecule is COCCNC(=O)C(=O)N/N=C\c1cccc(OC)c1OC. The Morgan fingerprint density at radius 1 is 1.18 bits per heavy atom. The maximum Gasteiger partial charge on any atom is 0.329 e. The summed E-state index contributed by atoms with van der Waals surface area (Å²) < 4.78 is 15.1. The molecule has 2 N–H and O–H groups in total. The summed E-state index contributed by atoms with van der Waals surface area (Å²) in [5.74, 6) is -0.636. The normalized spacial score (nSPS) is 10.3. The minimum Gasteiger partial charge on any atom is -0.493 e. The first-order chi connectivity index (χ1) is 10.6. The van der Waals surface area contributed by atoms with Crippen LogP contribution in [0, 0.1) is 0 Å². The molecule has 0 radical (unpaired) electrons. The zero-order chi connectivity index (χ0) is 16.4. The molecule has 1 aromatic carbocycles. The number of benzene rings is 1.